The van der Waals surface area contributed by atoms with Crippen LogP contribution in [0.5, 0.6) is 0 Å². The van der Waals surface area contributed by atoms with Crippen LogP contribution >= 0.6 is 0 Å². The fourth-order valence-electron chi connectivity index (χ4n) is 3.16. The van der Waals surface area contributed by atoms with Crippen LogP contribution < -0.4 is 0 Å². The van der Waals surface area contributed by atoms with Gasteiger partial charge in [0.25, 0.3) is 0 Å². The van der Waals surface area contributed by atoms with Crippen molar-refractivity contribution in [2.24, 2.45) is 5.41 Å². The van der Waals surface area contributed by atoms with Gasteiger partial charge >= 0.3 is 18.0 Å². The Balaban J connectivity index is 2.03. The molecule has 1 fully saturated rings. The quantitative estimate of drug-likeness (QED) is 0.547. The Morgan fingerprint density at radius 3 is 2.39 bits per heavy atom. The van der Waals surface area contributed by atoms with E-state index in [2.05, 4.69) is 0 Å². The highest BCUT2D eigenvalue weighted by molar-refractivity contribution is 5.85. The molecule has 1 aliphatic rings. The van der Waals surface area contributed by atoms with Crippen molar-refractivity contribution in [2.45, 2.75) is 52.7 Å². The van der Waals surface area contributed by atoms with Gasteiger partial charge in [-0.1, -0.05) is 30.3 Å². The zero-order chi connectivity index (χ0) is 20.8. The number of esters is 2. The molecule has 2 rings (SSSR count). The van der Waals surface area contributed by atoms with Crippen molar-refractivity contribution in [2.75, 3.05) is 19.7 Å². The molecule has 28 heavy (non-hydrogen) atoms. The van der Waals surface area contributed by atoms with Gasteiger partial charge in [-0.15, -0.1) is 0 Å². The Labute approximate surface area is 165 Å². The molecule has 1 atom stereocenters. The topological polar surface area (TPSA) is 82.1 Å². The average molecular weight is 391 g/mol. The zero-order valence-electron chi connectivity index (χ0n) is 17.0. The molecule has 0 bridgehead atoms. The molecule has 1 aromatic rings. The highest BCUT2D eigenvalue weighted by atomic mass is 16.6. The predicted octanol–water partition coefficient (Wildman–Crippen LogP) is 3.31. The molecule has 1 aromatic carbocycles. The lowest BCUT2D eigenvalue weighted by molar-refractivity contribution is -0.167. The van der Waals surface area contributed by atoms with Crippen molar-refractivity contribution in [3.8, 4) is 0 Å². The lowest BCUT2D eigenvalue weighted by atomic mass is 9.83. The Kier molecular flexibility index (Phi) is 7.05. The van der Waals surface area contributed by atoms with Crippen LogP contribution in [-0.2, 0) is 30.4 Å². The summed E-state index contributed by atoms with van der Waals surface area (Å²) in [4.78, 5) is 38.8. The van der Waals surface area contributed by atoms with Gasteiger partial charge in [0.2, 0.25) is 0 Å². The molecule has 0 saturated carbocycles. The molecule has 1 amide bonds. The molecule has 0 N–H and O–H groups in total. The van der Waals surface area contributed by atoms with Crippen molar-refractivity contribution < 1.29 is 28.6 Å². The second-order valence-electron chi connectivity index (χ2n) is 7.98. The number of hydrogen-bond donors (Lipinski definition) is 0. The molecular weight excluding hydrogens is 362 g/mol. The van der Waals surface area contributed by atoms with Crippen molar-refractivity contribution in [3.63, 3.8) is 0 Å². The Bertz CT molecular complexity index is 697. The first-order chi connectivity index (χ1) is 13.1. The van der Waals surface area contributed by atoms with Crippen LogP contribution in [-0.4, -0.2) is 48.2 Å². The lowest BCUT2D eigenvalue weighted by Gasteiger charge is -2.28. The molecule has 0 spiro atoms. The number of ether oxygens (including phenoxy) is 3. The minimum atomic E-state index is -1.11. The minimum Gasteiger partial charge on any atom is -0.465 e. The number of amides is 1. The van der Waals surface area contributed by atoms with Gasteiger partial charge in [0.15, 0.2) is 0 Å². The summed E-state index contributed by atoms with van der Waals surface area (Å²) in [6.45, 7) is 7.74. The van der Waals surface area contributed by atoms with Crippen LogP contribution in [0.3, 0.4) is 0 Å². The van der Waals surface area contributed by atoms with Gasteiger partial charge < -0.3 is 19.1 Å². The first-order valence-corrected chi connectivity index (χ1v) is 9.50. The van der Waals surface area contributed by atoms with E-state index in [-0.39, 0.29) is 26.2 Å². The minimum absolute atomic E-state index is 0.0682. The summed E-state index contributed by atoms with van der Waals surface area (Å²) in [5, 5.41) is 0. The third-order valence-corrected chi connectivity index (χ3v) is 4.43. The second-order valence-corrected chi connectivity index (χ2v) is 7.98. The summed E-state index contributed by atoms with van der Waals surface area (Å²) in [6.07, 6.45) is -0.323. The van der Waals surface area contributed by atoms with Crippen molar-refractivity contribution in [3.05, 3.63) is 35.9 Å². The smallest absolute Gasteiger partial charge is 0.410 e. The van der Waals surface area contributed by atoms with Crippen LogP contribution in [0.25, 0.3) is 0 Å². The van der Waals surface area contributed by atoms with E-state index >= 15 is 0 Å². The molecule has 1 heterocycles. The fourth-order valence-corrected chi connectivity index (χ4v) is 3.16. The number of benzene rings is 1. The van der Waals surface area contributed by atoms with Crippen LogP contribution in [0.15, 0.2) is 30.3 Å². The normalized spacial score (nSPS) is 19.2. The maximum atomic E-state index is 12.6. The molecule has 154 valence electrons. The zero-order valence-corrected chi connectivity index (χ0v) is 17.0. The van der Waals surface area contributed by atoms with Gasteiger partial charge in [0.1, 0.15) is 12.2 Å². The van der Waals surface area contributed by atoms with Crippen LogP contribution in [0.2, 0.25) is 0 Å². The highest BCUT2D eigenvalue weighted by Crippen LogP contribution is 2.37. The molecule has 1 unspecified atom stereocenters. The second kappa shape index (κ2) is 9.08. The van der Waals surface area contributed by atoms with Gasteiger partial charge in [-0.3, -0.25) is 9.59 Å². The summed E-state index contributed by atoms with van der Waals surface area (Å²) >= 11 is 0. The van der Waals surface area contributed by atoms with Crippen LogP contribution in [0.4, 0.5) is 4.79 Å². The fraction of sp³-hybridized carbons (Fsp3) is 0.571. The van der Waals surface area contributed by atoms with E-state index in [9.17, 15) is 14.4 Å². The maximum Gasteiger partial charge on any atom is 0.410 e. The average Bonchev–Trinajstić information content (AvgIpc) is 3.04. The van der Waals surface area contributed by atoms with E-state index in [0.29, 0.717) is 13.0 Å². The number of rotatable bonds is 6. The summed E-state index contributed by atoms with van der Waals surface area (Å²) in [5.74, 6) is -0.973. The first-order valence-electron chi connectivity index (χ1n) is 9.50. The molecule has 7 nitrogen and oxygen atoms in total. The molecule has 0 radical (unpaired) electrons. The number of carbonyl (C=O) groups excluding carboxylic acids is 3. The Morgan fingerprint density at radius 1 is 1.11 bits per heavy atom. The molecular formula is C21H29NO6. The Morgan fingerprint density at radius 2 is 1.79 bits per heavy atom. The van der Waals surface area contributed by atoms with E-state index in [0.717, 1.165) is 5.56 Å². The molecule has 0 aliphatic carbocycles. The van der Waals surface area contributed by atoms with Crippen LogP contribution in [0, 0.1) is 5.41 Å². The van der Waals surface area contributed by atoms with E-state index in [1.165, 1.54) is 4.90 Å². The molecule has 1 aliphatic heterocycles. The first kappa shape index (κ1) is 21.7. The molecule has 1 saturated heterocycles. The predicted molar refractivity (Wildman–Crippen MR) is 102 cm³/mol. The standard InChI is InChI=1S/C21H29NO6/c1-5-26-18(24)21(13-17(23)28-20(2,3)4)11-12-22(15-21)19(25)27-14-16-9-7-6-8-10-16/h6-10H,5,11-15H2,1-4H3. The summed E-state index contributed by atoms with van der Waals surface area (Å²) in [6, 6.07) is 9.35. The van der Waals surface area contributed by atoms with Gasteiger partial charge in [-0.25, -0.2) is 4.79 Å². The number of nitrogens with zero attached hydrogens (tertiary/aromatic N) is 1. The largest absolute Gasteiger partial charge is 0.465 e. The van der Waals surface area contributed by atoms with E-state index < -0.39 is 29.0 Å². The van der Waals surface area contributed by atoms with E-state index in [1.54, 1.807) is 27.7 Å². The van der Waals surface area contributed by atoms with Crippen LogP contribution in [0.1, 0.15) is 46.1 Å². The van der Waals surface area contributed by atoms with Crippen molar-refractivity contribution in [1.82, 2.24) is 4.90 Å². The Hall–Kier alpha value is -2.57. The van der Waals surface area contributed by atoms with E-state index in [1.807, 2.05) is 30.3 Å². The molecule has 7 heteroatoms. The number of hydrogen-bond acceptors (Lipinski definition) is 6. The summed E-state index contributed by atoms with van der Waals surface area (Å²) in [5.41, 5.74) is -0.885. The lowest BCUT2D eigenvalue weighted by Crippen LogP contribution is -2.41. The molecule has 0 aromatic heterocycles. The summed E-state index contributed by atoms with van der Waals surface area (Å²) in [7, 11) is 0. The van der Waals surface area contributed by atoms with Crippen molar-refractivity contribution >= 4 is 18.0 Å². The van der Waals surface area contributed by atoms with Gasteiger partial charge in [-0.05, 0) is 39.7 Å². The number of likely N-dealkylation sites (tertiary alicyclic amines) is 1. The van der Waals surface area contributed by atoms with Gasteiger partial charge in [0.05, 0.1) is 18.4 Å². The number of carbonyl (C=O) groups is 3. The maximum absolute atomic E-state index is 12.6. The monoisotopic (exact) mass is 391 g/mol. The van der Waals surface area contributed by atoms with E-state index in [4.69, 9.17) is 14.2 Å². The third-order valence-electron chi connectivity index (χ3n) is 4.43. The summed E-state index contributed by atoms with van der Waals surface area (Å²) < 4.78 is 15.9. The van der Waals surface area contributed by atoms with Gasteiger partial charge in [-0.2, -0.15) is 0 Å². The SMILES string of the molecule is CCOC(=O)C1(CC(=O)OC(C)(C)C)CCN(C(=O)OCc2ccccc2)C1. The van der Waals surface area contributed by atoms with Crippen molar-refractivity contribution in [1.29, 1.82) is 0 Å². The third kappa shape index (κ3) is 5.97. The highest BCUT2D eigenvalue weighted by Gasteiger charge is 2.49. The van der Waals surface area contributed by atoms with Gasteiger partial charge in [0, 0.05) is 13.1 Å².